The molecule has 0 saturated heterocycles. The molecule has 10 heteroatoms. The van der Waals surface area contributed by atoms with Crippen LogP contribution in [-0.2, 0) is 4.79 Å². The number of phenolic OH excluding ortho intramolecular Hbond substituents is 2. The SMILES string of the molecule is CCOc1ccc(-n2c(SCC(=O)N/N=C\c3ccc(O)c(O)c3)nnc2-c2ccccc2)cc1. The van der Waals surface area contributed by atoms with E-state index in [1.165, 1.54) is 30.1 Å². The third-order valence-electron chi connectivity index (χ3n) is 4.81. The Balaban J connectivity index is 1.50. The lowest BCUT2D eigenvalue weighted by Crippen LogP contribution is -2.20. The van der Waals surface area contributed by atoms with Gasteiger partial charge >= 0.3 is 0 Å². The molecule has 1 aromatic heterocycles. The zero-order valence-corrected chi connectivity index (χ0v) is 19.6. The molecule has 0 bridgehead atoms. The molecule has 4 rings (SSSR count). The van der Waals surface area contributed by atoms with Crippen LogP contribution in [0, 0.1) is 0 Å². The molecule has 4 aromatic rings. The van der Waals surface area contributed by atoms with Crippen LogP contribution in [0.5, 0.6) is 17.2 Å². The Kier molecular flexibility index (Phi) is 7.63. The highest BCUT2D eigenvalue weighted by molar-refractivity contribution is 7.99. The van der Waals surface area contributed by atoms with Crippen LogP contribution in [0.3, 0.4) is 0 Å². The van der Waals surface area contributed by atoms with Crippen molar-refractivity contribution < 1.29 is 19.7 Å². The van der Waals surface area contributed by atoms with E-state index in [2.05, 4.69) is 20.7 Å². The predicted molar refractivity (Wildman–Crippen MR) is 134 cm³/mol. The van der Waals surface area contributed by atoms with Crippen LogP contribution in [0.25, 0.3) is 17.1 Å². The maximum absolute atomic E-state index is 12.4. The minimum atomic E-state index is -0.336. The summed E-state index contributed by atoms with van der Waals surface area (Å²) in [6, 6.07) is 21.5. The summed E-state index contributed by atoms with van der Waals surface area (Å²) in [5, 5.41) is 32.0. The summed E-state index contributed by atoms with van der Waals surface area (Å²) in [4.78, 5) is 12.4. The highest BCUT2D eigenvalue weighted by atomic mass is 32.2. The lowest BCUT2D eigenvalue weighted by molar-refractivity contribution is -0.118. The third-order valence-corrected chi connectivity index (χ3v) is 5.73. The smallest absolute Gasteiger partial charge is 0.250 e. The van der Waals surface area contributed by atoms with Crippen molar-refractivity contribution in [2.45, 2.75) is 12.1 Å². The van der Waals surface area contributed by atoms with Crippen LogP contribution in [0.4, 0.5) is 0 Å². The van der Waals surface area contributed by atoms with E-state index in [0.29, 0.717) is 23.2 Å². The van der Waals surface area contributed by atoms with Crippen LogP contribution in [0.2, 0.25) is 0 Å². The van der Waals surface area contributed by atoms with Crippen molar-refractivity contribution in [2.75, 3.05) is 12.4 Å². The Bertz CT molecular complexity index is 1320. The van der Waals surface area contributed by atoms with Gasteiger partial charge < -0.3 is 14.9 Å². The summed E-state index contributed by atoms with van der Waals surface area (Å²) >= 11 is 1.23. The molecular formula is C25H23N5O4S. The minimum Gasteiger partial charge on any atom is -0.504 e. The van der Waals surface area contributed by atoms with Gasteiger partial charge in [-0.1, -0.05) is 42.1 Å². The number of benzene rings is 3. The van der Waals surface area contributed by atoms with E-state index < -0.39 is 0 Å². The molecule has 0 aliphatic carbocycles. The lowest BCUT2D eigenvalue weighted by atomic mass is 10.2. The van der Waals surface area contributed by atoms with Crippen LogP contribution in [-0.4, -0.2) is 49.5 Å². The van der Waals surface area contributed by atoms with Gasteiger partial charge in [-0.25, -0.2) is 5.43 Å². The summed E-state index contributed by atoms with van der Waals surface area (Å²) in [7, 11) is 0. The van der Waals surface area contributed by atoms with Gasteiger partial charge in [-0.05, 0) is 55.0 Å². The number of aromatic hydroxyl groups is 2. The molecule has 0 spiro atoms. The number of hydrogen-bond acceptors (Lipinski definition) is 8. The van der Waals surface area contributed by atoms with E-state index in [-0.39, 0.29) is 23.2 Å². The van der Waals surface area contributed by atoms with Gasteiger partial charge in [0.25, 0.3) is 5.91 Å². The first-order chi connectivity index (χ1) is 17.0. The molecule has 0 fully saturated rings. The number of nitrogens with one attached hydrogen (secondary N) is 1. The second-order valence-corrected chi connectivity index (χ2v) is 8.21. The highest BCUT2D eigenvalue weighted by Gasteiger charge is 2.17. The number of thioether (sulfide) groups is 1. The molecule has 1 heterocycles. The van der Waals surface area contributed by atoms with E-state index in [4.69, 9.17) is 4.74 Å². The summed E-state index contributed by atoms with van der Waals surface area (Å²) in [6.07, 6.45) is 1.37. The fraction of sp³-hybridized carbons (Fsp3) is 0.120. The normalized spacial score (nSPS) is 11.0. The summed E-state index contributed by atoms with van der Waals surface area (Å²) in [5.41, 5.74) is 4.70. The summed E-state index contributed by atoms with van der Waals surface area (Å²) in [5.74, 6) is 0.647. The number of ether oxygens (including phenoxy) is 1. The molecule has 0 atom stereocenters. The fourth-order valence-corrected chi connectivity index (χ4v) is 3.93. The summed E-state index contributed by atoms with van der Waals surface area (Å²) in [6.45, 7) is 2.51. The fourth-order valence-electron chi connectivity index (χ4n) is 3.19. The molecule has 9 nitrogen and oxygen atoms in total. The van der Waals surface area contributed by atoms with Gasteiger partial charge in [-0.3, -0.25) is 9.36 Å². The number of aromatic nitrogens is 3. The molecule has 1 amide bonds. The van der Waals surface area contributed by atoms with Crippen LogP contribution < -0.4 is 10.2 Å². The largest absolute Gasteiger partial charge is 0.504 e. The van der Waals surface area contributed by atoms with Crippen molar-refractivity contribution in [3.8, 4) is 34.3 Å². The molecule has 3 aromatic carbocycles. The first-order valence-electron chi connectivity index (χ1n) is 10.8. The number of carbonyl (C=O) groups is 1. The van der Waals surface area contributed by atoms with Crippen LogP contribution in [0.15, 0.2) is 83.1 Å². The lowest BCUT2D eigenvalue weighted by Gasteiger charge is -2.11. The Morgan fingerprint density at radius 1 is 1.06 bits per heavy atom. The zero-order valence-electron chi connectivity index (χ0n) is 18.8. The third kappa shape index (κ3) is 5.98. The molecule has 35 heavy (non-hydrogen) atoms. The number of phenols is 2. The Morgan fingerprint density at radius 3 is 2.54 bits per heavy atom. The quantitative estimate of drug-likeness (QED) is 0.141. The number of hydrazone groups is 1. The molecule has 0 radical (unpaired) electrons. The van der Waals surface area contributed by atoms with Gasteiger partial charge in [0.2, 0.25) is 0 Å². The Hall–Kier alpha value is -4.31. The van der Waals surface area contributed by atoms with Crippen molar-refractivity contribution in [2.24, 2.45) is 5.10 Å². The maximum atomic E-state index is 12.4. The molecule has 0 aliphatic rings. The molecular weight excluding hydrogens is 466 g/mol. The first-order valence-corrected chi connectivity index (χ1v) is 11.7. The van der Waals surface area contributed by atoms with E-state index >= 15 is 0 Å². The number of rotatable bonds is 9. The number of nitrogens with zero attached hydrogens (tertiary/aromatic N) is 4. The average molecular weight is 490 g/mol. The Morgan fingerprint density at radius 2 is 1.83 bits per heavy atom. The topological polar surface area (TPSA) is 122 Å². The zero-order chi connectivity index (χ0) is 24.6. The molecule has 3 N–H and O–H groups in total. The van der Waals surface area contributed by atoms with Crippen molar-refractivity contribution in [3.63, 3.8) is 0 Å². The average Bonchev–Trinajstić information content (AvgIpc) is 3.30. The second-order valence-electron chi connectivity index (χ2n) is 7.26. The van der Waals surface area contributed by atoms with Gasteiger partial charge in [0.1, 0.15) is 5.75 Å². The summed E-state index contributed by atoms with van der Waals surface area (Å²) < 4.78 is 7.44. The molecule has 0 aliphatic heterocycles. The monoisotopic (exact) mass is 489 g/mol. The second kappa shape index (κ2) is 11.2. The molecule has 178 valence electrons. The molecule has 0 saturated carbocycles. The number of hydrogen-bond donors (Lipinski definition) is 3. The van der Waals surface area contributed by atoms with Crippen molar-refractivity contribution in [3.05, 3.63) is 78.4 Å². The van der Waals surface area contributed by atoms with E-state index in [9.17, 15) is 15.0 Å². The van der Waals surface area contributed by atoms with E-state index in [0.717, 1.165) is 17.0 Å². The van der Waals surface area contributed by atoms with Gasteiger partial charge in [0.05, 0.1) is 18.6 Å². The van der Waals surface area contributed by atoms with Crippen molar-refractivity contribution >= 4 is 23.9 Å². The van der Waals surface area contributed by atoms with Crippen LogP contribution in [0.1, 0.15) is 12.5 Å². The minimum absolute atomic E-state index is 0.0577. The maximum Gasteiger partial charge on any atom is 0.250 e. The predicted octanol–water partition coefficient (Wildman–Crippen LogP) is 3.99. The van der Waals surface area contributed by atoms with Gasteiger partial charge in [0.15, 0.2) is 22.5 Å². The Labute approximate surface area is 206 Å². The molecule has 0 unspecified atom stereocenters. The van der Waals surface area contributed by atoms with E-state index in [1.807, 2.05) is 66.1 Å². The van der Waals surface area contributed by atoms with Crippen molar-refractivity contribution in [1.82, 2.24) is 20.2 Å². The highest BCUT2D eigenvalue weighted by Crippen LogP contribution is 2.29. The number of carbonyl (C=O) groups excluding carboxylic acids is 1. The van der Waals surface area contributed by atoms with E-state index in [1.54, 1.807) is 6.07 Å². The van der Waals surface area contributed by atoms with Gasteiger partial charge in [0, 0.05) is 11.3 Å². The first kappa shape index (κ1) is 23.8. The standard InChI is InChI=1S/C25H23N5O4S/c1-2-34-20-11-9-19(10-12-20)30-24(18-6-4-3-5-7-18)28-29-25(30)35-16-23(33)27-26-15-17-8-13-21(31)22(32)14-17/h3-15,31-32H,2,16H2,1H3,(H,27,33)/b26-15-. The number of amides is 1. The van der Waals surface area contributed by atoms with Gasteiger partial charge in [-0.15, -0.1) is 10.2 Å². The van der Waals surface area contributed by atoms with Crippen LogP contribution >= 0.6 is 11.8 Å². The van der Waals surface area contributed by atoms with Crippen molar-refractivity contribution in [1.29, 1.82) is 0 Å². The van der Waals surface area contributed by atoms with Gasteiger partial charge in [-0.2, -0.15) is 5.10 Å².